The Morgan fingerprint density at radius 3 is 2.25 bits per heavy atom. The van der Waals surface area contributed by atoms with Gasteiger partial charge in [0, 0.05) is 11.1 Å². The van der Waals surface area contributed by atoms with Gasteiger partial charge in [0.2, 0.25) is 0 Å². The average Bonchev–Trinajstić information content (AvgIpc) is 2.75. The number of hydrogen-bond donors (Lipinski definition) is 2. The third kappa shape index (κ3) is 2.81. The second kappa shape index (κ2) is 6.02. The van der Waals surface area contributed by atoms with Gasteiger partial charge in [-0.3, -0.25) is 0 Å². The largest absolute Gasteiger partial charge is 0.488 e. The topological polar surface area (TPSA) is 75.7 Å². The molecule has 108 valence electrons. The van der Waals surface area contributed by atoms with Crippen LogP contribution >= 0.6 is 0 Å². The van der Waals surface area contributed by atoms with Gasteiger partial charge in [-0.05, 0) is 26.0 Å². The molecule has 6 heteroatoms. The predicted molar refractivity (Wildman–Crippen MR) is 68.6 cm³/mol. The van der Waals surface area contributed by atoms with Crippen molar-refractivity contribution in [3.8, 4) is 5.75 Å². The second-order valence-corrected chi connectivity index (χ2v) is 4.46. The molecule has 0 spiro atoms. The third-order valence-corrected chi connectivity index (χ3v) is 3.09. The Bertz CT molecular complexity index is 565. The molecule has 2 rings (SSSR count). The normalized spacial score (nSPS) is 10.8. The van der Waals surface area contributed by atoms with Crippen molar-refractivity contribution in [3.63, 3.8) is 0 Å². The molecule has 2 aromatic rings. The highest BCUT2D eigenvalue weighted by atomic mass is 19.1. The monoisotopic (exact) mass is 281 g/mol. The van der Waals surface area contributed by atoms with Crippen LogP contribution in [-0.2, 0) is 19.8 Å². The SMILES string of the molecule is Cc1noc(C)c1COc1c(CO)cc(F)cc1CO. The minimum atomic E-state index is -0.525. The summed E-state index contributed by atoms with van der Waals surface area (Å²) < 4.78 is 24.0. The zero-order valence-electron chi connectivity index (χ0n) is 11.3. The van der Waals surface area contributed by atoms with Crippen LogP contribution in [0.4, 0.5) is 4.39 Å². The van der Waals surface area contributed by atoms with Crippen molar-refractivity contribution >= 4 is 0 Å². The fourth-order valence-electron chi connectivity index (χ4n) is 1.98. The Balaban J connectivity index is 2.29. The van der Waals surface area contributed by atoms with Gasteiger partial charge in [-0.2, -0.15) is 0 Å². The molecule has 0 saturated heterocycles. The molecule has 0 saturated carbocycles. The molecular formula is C14H16FNO4. The summed E-state index contributed by atoms with van der Waals surface area (Å²) in [5, 5.41) is 22.4. The fraction of sp³-hybridized carbons (Fsp3) is 0.357. The maximum Gasteiger partial charge on any atom is 0.140 e. The van der Waals surface area contributed by atoms with Gasteiger partial charge in [-0.25, -0.2) is 4.39 Å². The van der Waals surface area contributed by atoms with E-state index in [9.17, 15) is 14.6 Å². The van der Waals surface area contributed by atoms with Gasteiger partial charge in [-0.15, -0.1) is 0 Å². The Hall–Kier alpha value is -1.92. The average molecular weight is 281 g/mol. The van der Waals surface area contributed by atoms with Crippen molar-refractivity contribution in [2.75, 3.05) is 0 Å². The van der Waals surface area contributed by atoms with Gasteiger partial charge in [0.05, 0.1) is 24.5 Å². The van der Waals surface area contributed by atoms with Crippen LogP contribution in [0.1, 0.15) is 28.1 Å². The van der Waals surface area contributed by atoms with E-state index >= 15 is 0 Å². The molecule has 0 radical (unpaired) electrons. The zero-order chi connectivity index (χ0) is 14.7. The standard InChI is InChI=1S/C14H16FNO4/c1-8-13(9(2)20-16-8)7-19-14-10(5-17)3-12(15)4-11(14)6-18/h3-4,17-18H,5-7H2,1-2H3. The number of rotatable bonds is 5. The quantitative estimate of drug-likeness (QED) is 0.876. The minimum Gasteiger partial charge on any atom is -0.488 e. The van der Waals surface area contributed by atoms with Crippen LogP contribution in [0.2, 0.25) is 0 Å². The first-order valence-corrected chi connectivity index (χ1v) is 6.14. The first-order valence-electron chi connectivity index (χ1n) is 6.14. The van der Waals surface area contributed by atoms with Crippen molar-refractivity contribution in [2.24, 2.45) is 0 Å². The maximum atomic E-state index is 13.3. The number of hydrogen-bond acceptors (Lipinski definition) is 5. The molecule has 0 aliphatic heterocycles. The predicted octanol–water partition coefficient (Wildman–Crippen LogP) is 1.99. The lowest BCUT2D eigenvalue weighted by atomic mass is 10.1. The lowest BCUT2D eigenvalue weighted by molar-refractivity contribution is 0.240. The number of aryl methyl sites for hydroxylation is 2. The van der Waals surface area contributed by atoms with Crippen molar-refractivity contribution in [1.29, 1.82) is 0 Å². The molecule has 1 aromatic heterocycles. The van der Waals surface area contributed by atoms with Crippen LogP contribution < -0.4 is 4.74 Å². The highest BCUT2D eigenvalue weighted by molar-refractivity contribution is 5.41. The Kier molecular flexibility index (Phi) is 4.36. The van der Waals surface area contributed by atoms with E-state index in [1.54, 1.807) is 13.8 Å². The number of aliphatic hydroxyl groups excluding tert-OH is 2. The fourth-order valence-corrected chi connectivity index (χ4v) is 1.98. The maximum absolute atomic E-state index is 13.3. The molecule has 0 amide bonds. The molecule has 20 heavy (non-hydrogen) atoms. The van der Waals surface area contributed by atoms with E-state index in [4.69, 9.17) is 9.26 Å². The molecule has 0 unspecified atom stereocenters. The summed E-state index contributed by atoms with van der Waals surface area (Å²) in [5.41, 5.74) is 2.09. The van der Waals surface area contributed by atoms with E-state index in [2.05, 4.69) is 5.16 Å². The summed E-state index contributed by atoms with van der Waals surface area (Å²) in [4.78, 5) is 0. The number of aliphatic hydroxyl groups is 2. The number of ether oxygens (including phenoxy) is 1. The molecule has 2 N–H and O–H groups in total. The molecule has 5 nitrogen and oxygen atoms in total. The van der Waals surface area contributed by atoms with E-state index < -0.39 is 5.82 Å². The van der Waals surface area contributed by atoms with E-state index in [0.29, 0.717) is 22.6 Å². The zero-order valence-corrected chi connectivity index (χ0v) is 11.3. The van der Waals surface area contributed by atoms with E-state index in [0.717, 1.165) is 5.56 Å². The van der Waals surface area contributed by atoms with Gasteiger partial charge in [0.25, 0.3) is 0 Å². The molecule has 0 bridgehead atoms. The number of halogens is 1. The first-order chi connectivity index (χ1) is 9.56. The number of aromatic nitrogens is 1. The summed E-state index contributed by atoms with van der Waals surface area (Å²) in [6.45, 7) is 2.99. The highest BCUT2D eigenvalue weighted by Gasteiger charge is 2.15. The third-order valence-electron chi connectivity index (χ3n) is 3.09. The van der Waals surface area contributed by atoms with Crippen molar-refractivity contribution in [3.05, 3.63) is 46.1 Å². The van der Waals surface area contributed by atoms with Crippen LogP contribution in [0, 0.1) is 19.7 Å². The number of benzene rings is 1. The van der Waals surface area contributed by atoms with Crippen LogP contribution in [0.5, 0.6) is 5.75 Å². The molecule has 1 aromatic carbocycles. The van der Waals surface area contributed by atoms with Crippen LogP contribution in [0.25, 0.3) is 0 Å². The summed E-state index contributed by atoms with van der Waals surface area (Å²) in [7, 11) is 0. The summed E-state index contributed by atoms with van der Waals surface area (Å²) >= 11 is 0. The molecule has 0 aliphatic carbocycles. The van der Waals surface area contributed by atoms with Gasteiger partial charge >= 0.3 is 0 Å². The van der Waals surface area contributed by atoms with Crippen LogP contribution in [-0.4, -0.2) is 15.4 Å². The van der Waals surface area contributed by atoms with Gasteiger partial charge in [-0.1, -0.05) is 5.16 Å². The lowest BCUT2D eigenvalue weighted by Crippen LogP contribution is -2.04. The van der Waals surface area contributed by atoms with E-state index in [1.165, 1.54) is 12.1 Å². The second-order valence-electron chi connectivity index (χ2n) is 4.46. The minimum absolute atomic E-state index is 0.173. The Labute approximate surface area is 115 Å². The molecule has 0 aliphatic rings. The van der Waals surface area contributed by atoms with Gasteiger partial charge < -0.3 is 19.5 Å². The van der Waals surface area contributed by atoms with Crippen LogP contribution in [0.3, 0.4) is 0 Å². The van der Waals surface area contributed by atoms with E-state index in [-0.39, 0.29) is 25.6 Å². The van der Waals surface area contributed by atoms with Gasteiger partial charge in [0.15, 0.2) is 0 Å². The molecule has 0 fully saturated rings. The highest BCUT2D eigenvalue weighted by Crippen LogP contribution is 2.27. The number of nitrogens with zero attached hydrogens (tertiary/aromatic N) is 1. The van der Waals surface area contributed by atoms with Gasteiger partial charge in [0.1, 0.15) is 23.9 Å². The molecule has 1 heterocycles. The Morgan fingerprint density at radius 2 is 1.80 bits per heavy atom. The molecule has 0 atom stereocenters. The van der Waals surface area contributed by atoms with Crippen molar-refractivity contribution < 1.29 is 23.9 Å². The van der Waals surface area contributed by atoms with Crippen LogP contribution in [0.15, 0.2) is 16.7 Å². The summed E-state index contributed by atoms with van der Waals surface area (Å²) in [6.07, 6.45) is 0. The van der Waals surface area contributed by atoms with E-state index in [1.807, 2.05) is 0 Å². The van der Waals surface area contributed by atoms with Crippen molar-refractivity contribution in [1.82, 2.24) is 5.16 Å². The lowest BCUT2D eigenvalue weighted by Gasteiger charge is -2.14. The summed E-state index contributed by atoms with van der Waals surface area (Å²) in [5.74, 6) is 0.403. The molecular weight excluding hydrogens is 265 g/mol. The first kappa shape index (κ1) is 14.5. The Morgan fingerprint density at radius 1 is 1.20 bits per heavy atom. The van der Waals surface area contributed by atoms with Crippen molar-refractivity contribution in [2.45, 2.75) is 33.7 Å². The smallest absolute Gasteiger partial charge is 0.140 e. The summed E-state index contributed by atoms with van der Waals surface area (Å²) in [6, 6.07) is 2.36.